The fraction of sp³-hybridized carbons (Fsp3) is 0.292. The smallest absolute Gasteiger partial charge is 0.254 e. The van der Waals surface area contributed by atoms with Crippen molar-refractivity contribution in [2.24, 2.45) is 0 Å². The van der Waals surface area contributed by atoms with E-state index in [1.54, 1.807) is 0 Å². The second kappa shape index (κ2) is 7.93. The summed E-state index contributed by atoms with van der Waals surface area (Å²) in [6.07, 6.45) is -0.782. The lowest BCUT2D eigenvalue weighted by Gasteiger charge is -2.31. The van der Waals surface area contributed by atoms with Gasteiger partial charge >= 0.3 is 0 Å². The Balaban J connectivity index is 2.19. The van der Waals surface area contributed by atoms with E-state index in [-0.39, 0.29) is 18.0 Å². The van der Waals surface area contributed by atoms with Crippen LogP contribution in [0.25, 0.3) is 10.8 Å². The molecular weight excluding hydrogens is 334 g/mol. The van der Waals surface area contributed by atoms with Crippen LogP contribution in [0.4, 0.5) is 0 Å². The van der Waals surface area contributed by atoms with E-state index in [1.165, 1.54) is 0 Å². The van der Waals surface area contributed by atoms with E-state index in [2.05, 4.69) is 0 Å². The molecule has 3 aromatic carbocycles. The maximum absolute atomic E-state index is 13.4. The Bertz CT molecular complexity index is 918. The second-order valence-electron chi connectivity index (χ2n) is 7.46. The van der Waals surface area contributed by atoms with Crippen LogP contribution in [-0.4, -0.2) is 28.0 Å². The van der Waals surface area contributed by atoms with Gasteiger partial charge in [0, 0.05) is 23.0 Å². The minimum Gasteiger partial charge on any atom is -0.384 e. The van der Waals surface area contributed by atoms with Gasteiger partial charge in [-0.15, -0.1) is 0 Å². The summed E-state index contributed by atoms with van der Waals surface area (Å²) >= 11 is 0. The summed E-state index contributed by atoms with van der Waals surface area (Å²) < 4.78 is 0. The molecular formula is C24H27NO2. The fourth-order valence-corrected chi connectivity index (χ4v) is 3.80. The van der Waals surface area contributed by atoms with Crippen LogP contribution >= 0.6 is 0 Å². The third-order valence-electron chi connectivity index (χ3n) is 4.92. The van der Waals surface area contributed by atoms with E-state index in [0.29, 0.717) is 5.56 Å². The zero-order valence-electron chi connectivity index (χ0n) is 16.4. The van der Waals surface area contributed by atoms with Crippen LogP contribution < -0.4 is 0 Å². The molecule has 0 heterocycles. The van der Waals surface area contributed by atoms with Gasteiger partial charge in [-0.25, -0.2) is 0 Å². The molecule has 0 fully saturated rings. The molecule has 1 N–H and O–H groups in total. The molecule has 1 amide bonds. The van der Waals surface area contributed by atoms with Crippen LogP contribution in [0.2, 0.25) is 0 Å². The van der Waals surface area contributed by atoms with Gasteiger partial charge < -0.3 is 10.0 Å². The number of carbonyl (C=O) groups excluding carboxylic acids is 1. The van der Waals surface area contributed by atoms with Crippen molar-refractivity contribution in [2.45, 2.75) is 45.9 Å². The van der Waals surface area contributed by atoms with Crippen LogP contribution in [0.3, 0.4) is 0 Å². The molecule has 3 aromatic rings. The van der Waals surface area contributed by atoms with Gasteiger partial charge in [-0.1, -0.05) is 60.7 Å². The number of rotatable bonds is 5. The minimum absolute atomic E-state index is 0.00156. The third-order valence-corrected chi connectivity index (χ3v) is 4.92. The van der Waals surface area contributed by atoms with Crippen molar-refractivity contribution in [3.05, 3.63) is 83.4 Å². The van der Waals surface area contributed by atoms with E-state index >= 15 is 0 Å². The average molecular weight is 361 g/mol. The monoisotopic (exact) mass is 361 g/mol. The van der Waals surface area contributed by atoms with Gasteiger partial charge in [-0.05, 0) is 50.3 Å². The van der Waals surface area contributed by atoms with Crippen molar-refractivity contribution in [1.29, 1.82) is 0 Å². The van der Waals surface area contributed by atoms with Crippen molar-refractivity contribution in [2.75, 3.05) is 0 Å². The minimum atomic E-state index is -0.782. The van der Waals surface area contributed by atoms with E-state index in [9.17, 15) is 9.90 Å². The highest BCUT2D eigenvalue weighted by molar-refractivity contribution is 6.08. The molecule has 0 bridgehead atoms. The first-order valence-corrected chi connectivity index (χ1v) is 9.49. The highest BCUT2D eigenvalue weighted by Gasteiger charge is 2.25. The first-order valence-electron chi connectivity index (χ1n) is 9.49. The summed E-state index contributed by atoms with van der Waals surface area (Å²) in [6, 6.07) is 21.3. The Morgan fingerprint density at radius 3 is 2.00 bits per heavy atom. The quantitative estimate of drug-likeness (QED) is 0.680. The standard InChI is InChI=1S/C24H27NO2/c1-16(2)25(17(3)4)24(27)21-15-9-13-18-12-8-14-20(22(18)21)23(26)19-10-6-5-7-11-19/h5-17,23,26H,1-4H3/t23-/m1/s1. The lowest BCUT2D eigenvalue weighted by atomic mass is 9.92. The molecule has 0 saturated heterocycles. The topological polar surface area (TPSA) is 40.5 Å². The van der Waals surface area contributed by atoms with Gasteiger partial charge in [0.15, 0.2) is 0 Å². The molecule has 0 aromatic heterocycles. The third kappa shape index (κ3) is 3.74. The van der Waals surface area contributed by atoms with Crippen molar-refractivity contribution >= 4 is 16.7 Å². The summed E-state index contributed by atoms with van der Waals surface area (Å²) in [4.78, 5) is 15.3. The van der Waals surface area contributed by atoms with Gasteiger partial charge in [0.05, 0.1) is 0 Å². The van der Waals surface area contributed by atoms with Crippen molar-refractivity contribution < 1.29 is 9.90 Å². The van der Waals surface area contributed by atoms with E-state index in [1.807, 2.05) is 99.3 Å². The van der Waals surface area contributed by atoms with Gasteiger partial charge in [0.1, 0.15) is 6.10 Å². The Labute approximate surface area is 161 Å². The van der Waals surface area contributed by atoms with Gasteiger partial charge in [0.2, 0.25) is 0 Å². The number of fused-ring (bicyclic) bond motifs is 1. The number of aliphatic hydroxyl groups is 1. The van der Waals surface area contributed by atoms with Gasteiger partial charge in [0.25, 0.3) is 5.91 Å². The van der Waals surface area contributed by atoms with E-state index in [4.69, 9.17) is 0 Å². The molecule has 0 aliphatic rings. The van der Waals surface area contributed by atoms with E-state index in [0.717, 1.165) is 21.9 Å². The van der Waals surface area contributed by atoms with Crippen molar-refractivity contribution in [3.63, 3.8) is 0 Å². The van der Waals surface area contributed by atoms with Crippen LogP contribution in [0.15, 0.2) is 66.7 Å². The number of aliphatic hydroxyl groups excluding tert-OH is 1. The lowest BCUT2D eigenvalue weighted by Crippen LogP contribution is -2.42. The van der Waals surface area contributed by atoms with E-state index < -0.39 is 6.10 Å². The molecule has 27 heavy (non-hydrogen) atoms. The molecule has 0 spiro atoms. The highest BCUT2D eigenvalue weighted by Crippen LogP contribution is 2.32. The summed E-state index contributed by atoms with van der Waals surface area (Å²) in [5.74, 6) is -0.00156. The first-order chi connectivity index (χ1) is 12.9. The molecule has 140 valence electrons. The zero-order valence-corrected chi connectivity index (χ0v) is 16.4. The Kier molecular flexibility index (Phi) is 5.62. The van der Waals surface area contributed by atoms with Crippen LogP contribution in [0.1, 0.15) is 55.3 Å². The van der Waals surface area contributed by atoms with Gasteiger partial charge in [-0.2, -0.15) is 0 Å². The molecule has 0 aliphatic carbocycles. The largest absolute Gasteiger partial charge is 0.384 e. The second-order valence-corrected chi connectivity index (χ2v) is 7.46. The number of hydrogen-bond donors (Lipinski definition) is 1. The summed E-state index contributed by atoms with van der Waals surface area (Å²) in [6.45, 7) is 8.12. The maximum Gasteiger partial charge on any atom is 0.254 e. The summed E-state index contributed by atoms with van der Waals surface area (Å²) in [5, 5.41) is 12.8. The Morgan fingerprint density at radius 2 is 1.41 bits per heavy atom. The SMILES string of the molecule is CC(C)N(C(=O)c1cccc2cccc([C@H](O)c3ccccc3)c12)C(C)C. The fourth-order valence-electron chi connectivity index (χ4n) is 3.80. The molecule has 0 saturated carbocycles. The van der Waals surface area contributed by atoms with Crippen molar-refractivity contribution in [1.82, 2.24) is 4.90 Å². The van der Waals surface area contributed by atoms with Crippen LogP contribution in [0, 0.1) is 0 Å². The summed E-state index contributed by atoms with van der Waals surface area (Å²) in [5.41, 5.74) is 2.22. The number of carbonyl (C=O) groups is 1. The van der Waals surface area contributed by atoms with Crippen LogP contribution in [0.5, 0.6) is 0 Å². The normalized spacial score (nSPS) is 12.6. The molecule has 0 aliphatic heterocycles. The van der Waals surface area contributed by atoms with Crippen molar-refractivity contribution in [3.8, 4) is 0 Å². The average Bonchev–Trinajstić information content (AvgIpc) is 2.66. The van der Waals surface area contributed by atoms with Gasteiger partial charge in [-0.3, -0.25) is 4.79 Å². The zero-order chi connectivity index (χ0) is 19.6. The van der Waals surface area contributed by atoms with Crippen LogP contribution in [-0.2, 0) is 0 Å². The number of benzene rings is 3. The summed E-state index contributed by atoms with van der Waals surface area (Å²) in [7, 11) is 0. The highest BCUT2D eigenvalue weighted by atomic mass is 16.3. The molecule has 3 rings (SSSR count). The Hall–Kier alpha value is -2.65. The lowest BCUT2D eigenvalue weighted by molar-refractivity contribution is 0.0645. The number of hydrogen-bond acceptors (Lipinski definition) is 2. The first kappa shape index (κ1) is 19.1. The Morgan fingerprint density at radius 1 is 0.815 bits per heavy atom. The molecule has 1 atom stereocenters. The molecule has 0 unspecified atom stereocenters. The molecule has 3 heteroatoms. The maximum atomic E-state index is 13.4. The molecule has 0 radical (unpaired) electrons. The predicted octanol–water partition coefficient (Wildman–Crippen LogP) is 5.18. The number of nitrogens with zero attached hydrogens (tertiary/aromatic N) is 1. The molecule has 3 nitrogen and oxygen atoms in total. The predicted molar refractivity (Wildman–Crippen MR) is 111 cm³/mol. The number of amides is 1.